The molecule has 1 amide bonds. The van der Waals surface area contributed by atoms with Crippen LogP contribution in [0, 0.1) is 17.2 Å². The van der Waals surface area contributed by atoms with Gasteiger partial charge in [-0.1, -0.05) is 60.7 Å². The van der Waals surface area contributed by atoms with E-state index in [1.54, 1.807) is 23.5 Å². The van der Waals surface area contributed by atoms with Gasteiger partial charge in [-0.2, -0.15) is 28.8 Å². The second kappa shape index (κ2) is 11.6. The molecular formula is C20H22N2OS2. The summed E-state index contributed by atoms with van der Waals surface area (Å²) in [5, 5.41) is 11.4. The molecule has 2 aromatic carbocycles. The summed E-state index contributed by atoms with van der Waals surface area (Å²) in [5.74, 6) is 3.19. The number of nitriles is 1. The summed E-state index contributed by atoms with van der Waals surface area (Å²) in [6, 6.07) is 22.5. The van der Waals surface area contributed by atoms with E-state index in [1.807, 2.05) is 42.5 Å². The van der Waals surface area contributed by atoms with Crippen molar-refractivity contribution < 1.29 is 4.79 Å². The summed E-state index contributed by atoms with van der Waals surface area (Å²) >= 11 is 3.53. The lowest BCUT2D eigenvalue weighted by Crippen LogP contribution is -2.33. The van der Waals surface area contributed by atoms with Gasteiger partial charge < -0.3 is 5.32 Å². The van der Waals surface area contributed by atoms with Gasteiger partial charge in [0.15, 0.2) is 0 Å². The Labute approximate surface area is 158 Å². The molecule has 0 heterocycles. The van der Waals surface area contributed by atoms with E-state index in [1.165, 1.54) is 11.1 Å². The van der Waals surface area contributed by atoms with E-state index in [0.29, 0.717) is 0 Å². The number of hydrogen-bond donors (Lipinski definition) is 1. The zero-order chi connectivity index (χ0) is 17.7. The first-order valence-corrected chi connectivity index (χ1v) is 10.5. The van der Waals surface area contributed by atoms with Crippen LogP contribution in [0.25, 0.3) is 0 Å². The summed E-state index contributed by atoms with van der Waals surface area (Å²) < 4.78 is 0. The highest BCUT2D eigenvalue weighted by molar-refractivity contribution is 7.99. The van der Waals surface area contributed by atoms with Crippen molar-refractivity contribution in [3.63, 3.8) is 0 Å². The number of carbonyl (C=O) groups is 1. The lowest BCUT2D eigenvalue weighted by molar-refractivity contribution is -0.123. The van der Waals surface area contributed by atoms with Crippen LogP contribution in [0.15, 0.2) is 60.7 Å². The van der Waals surface area contributed by atoms with Gasteiger partial charge in [-0.15, -0.1) is 0 Å². The number of thioether (sulfide) groups is 2. The van der Waals surface area contributed by atoms with E-state index in [9.17, 15) is 4.79 Å². The lowest BCUT2D eigenvalue weighted by Gasteiger charge is -2.15. The van der Waals surface area contributed by atoms with Crippen LogP contribution in [0.1, 0.15) is 11.1 Å². The summed E-state index contributed by atoms with van der Waals surface area (Å²) in [6.45, 7) is 0.0715. The van der Waals surface area contributed by atoms with Crippen LogP contribution < -0.4 is 5.32 Å². The Morgan fingerprint density at radius 1 is 0.920 bits per heavy atom. The van der Waals surface area contributed by atoms with Crippen LogP contribution in [-0.2, 0) is 16.3 Å². The number of rotatable bonds is 10. The molecule has 0 saturated heterocycles. The molecule has 130 valence electrons. The quantitative estimate of drug-likeness (QED) is 0.640. The highest BCUT2D eigenvalue weighted by Gasteiger charge is 2.18. The van der Waals surface area contributed by atoms with Crippen molar-refractivity contribution in [2.24, 2.45) is 5.92 Å². The van der Waals surface area contributed by atoms with Crippen molar-refractivity contribution >= 4 is 29.4 Å². The fourth-order valence-electron chi connectivity index (χ4n) is 2.26. The molecule has 0 aliphatic rings. The predicted molar refractivity (Wildman–Crippen MR) is 107 cm³/mol. The van der Waals surface area contributed by atoms with Crippen LogP contribution in [0.3, 0.4) is 0 Å². The second-order valence-corrected chi connectivity index (χ2v) is 7.63. The molecule has 0 spiro atoms. The van der Waals surface area contributed by atoms with Crippen molar-refractivity contribution in [3.8, 4) is 6.07 Å². The normalized spacial score (nSPS) is 10.4. The number of carbonyl (C=O) groups excluding carboxylic acids is 1. The van der Waals surface area contributed by atoms with Gasteiger partial charge in [-0.25, -0.2) is 0 Å². The maximum Gasteiger partial charge on any atom is 0.225 e. The zero-order valence-corrected chi connectivity index (χ0v) is 15.7. The summed E-state index contributed by atoms with van der Waals surface area (Å²) in [7, 11) is 0. The van der Waals surface area contributed by atoms with Crippen molar-refractivity contribution in [3.05, 3.63) is 71.8 Å². The monoisotopic (exact) mass is 370 g/mol. The molecule has 0 fully saturated rings. The molecule has 0 aliphatic carbocycles. The molecule has 1 N–H and O–H groups in total. The van der Waals surface area contributed by atoms with Crippen molar-refractivity contribution in [1.29, 1.82) is 5.26 Å². The third kappa shape index (κ3) is 7.68. The minimum Gasteiger partial charge on any atom is -0.343 e. The predicted octanol–water partition coefficient (Wildman–Crippen LogP) is 4.11. The van der Waals surface area contributed by atoms with Crippen molar-refractivity contribution in [1.82, 2.24) is 5.32 Å². The number of hydrogen-bond acceptors (Lipinski definition) is 4. The first-order valence-electron chi connectivity index (χ1n) is 8.17. The molecule has 3 nitrogen and oxygen atoms in total. The lowest BCUT2D eigenvalue weighted by atomic mass is 10.2. The van der Waals surface area contributed by atoms with Gasteiger partial charge in [0.2, 0.25) is 5.91 Å². The standard InChI is InChI=1S/C20H22N2OS2/c21-11-12-22-20(23)19(15-24-13-17-7-3-1-4-8-17)16-25-14-18-9-5-2-6-10-18/h1-10,19H,12-16H2,(H,22,23). The van der Waals surface area contributed by atoms with Gasteiger partial charge in [0.05, 0.1) is 12.0 Å². The highest BCUT2D eigenvalue weighted by Crippen LogP contribution is 2.21. The topological polar surface area (TPSA) is 52.9 Å². The second-order valence-electron chi connectivity index (χ2n) is 5.57. The minimum absolute atomic E-state index is 0.0253. The molecular weight excluding hydrogens is 348 g/mol. The van der Waals surface area contributed by atoms with Gasteiger partial charge in [0.1, 0.15) is 6.54 Å². The molecule has 0 aromatic heterocycles. The van der Waals surface area contributed by atoms with E-state index in [0.717, 1.165) is 23.0 Å². The Bertz CT molecular complexity index is 626. The molecule has 0 bridgehead atoms. The molecule has 0 aliphatic heterocycles. The molecule has 0 radical (unpaired) electrons. The summed E-state index contributed by atoms with van der Waals surface area (Å²) in [6.07, 6.45) is 0. The smallest absolute Gasteiger partial charge is 0.225 e. The van der Waals surface area contributed by atoms with Gasteiger partial charge in [0.25, 0.3) is 0 Å². The number of amides is 1. The average Bonchev–Trinajstić information content (AvgIpc) is 2.66. The van der Waals surface area contributed by atoms with E-state index in [4.69, 9.17) is 5.26 Å². The van der Waals surface area contributed by atoms with Crippen LogP contribution in [0.5, 0.6) is 0 Å². The highest BCUT2D eigenvalue weighted by atomic mass is 32.2. The van der Waals surface area contributed by atoms with Gasteiger partial charge in [-0.3, -0.25) is 4.79 Å². The van der Waals surface area contributed by atoms with Crippen LogP contribution in [0.4, 0.5) is 0 Å². The molecule has 5 heteroatoms. The third-order valence-corrected chi connectivity index (χ3v) is 5.92. The van der Waals surface area contributed by atoms with Crippen LogP contribution >= 0.6 is 23.5 Å². The Hall–Kier alpha value is -1.90. The third-order valence-electron chi connectivity index (χ3n) is 3.57. The Kier molecular flexibility index (Phi) is 9.03. The fraction of sp³-hybridized carbons (Fsp3) is 0.300. The Morgan fingerprint density at radius 3 is 1.84 bits per heavy atom. The van der Waals surface area contributed by atoms with E-state index in [-0.39, 0.29) is 18.4 Å². The molecule has 0 unspecified atom stereocenters. The Morgan fingerprint density at radius 2 is 1.40 bits per heavy atom. The molecule has 25 heavy (non-hydrogen) atoms. The largest absolute Gasteiger partial charge is 0.343 e. The SMILES string of the molecule is N#CCNC(=O)C(CSCc1ccccc1)CSCc1ccccc1. The van der Waals surface area contributed by atoms with Crippen molar-refractivity contribution in [2.45, 2.75) is 11.5 Å². The maximum atomic E-state index is 12.3. The van der Waals surface area contributed by atoms with Gasteiger partial charge >= 0.3 is 0 Å². The molecule has 2 aromatic rings. The fourth-order valence-corrected chi connectivity index (χ4v) is 4.61. The van der Waals surface area contributed by atoms with Gasteiger partial charge in [-0.05, 0) is 11.1 Å². The van der Waals surface area contributed by atoms with E-state index in [2.05, 4.69) is 29.6 Å². The number of benzene rings is 2. The number of nitrogens with zero attached hydrogens (tertiary/aromatic N) is 1. The average molecular weight is 371 g/mol. The maximum absolute atomic E-state index is 12.3. The molecule has 2 rings (SSSR count). The minimum atomic E-state index is -0.0872. The molecule has 0 saturated carbocycles. The molecule has 0 atom stereocenters. The first-order chi connectivity index (χ1) is 12.3. The van der Waals surface area contributed by atoms with Crippen molar-refractivity contribution in [2.75, 3.05) is 18.1 Å². The first kappa shape index (κ1) is 19.4. The van der Waals surface area contributed by atoms with E-state index >= 15 is 0 Å². The zero-order valence-electron chi connectivity index (χ0n) is 14.1. The Balaban J connectivity index is 1.81. The van der Waals surface area contributed by atoms with Crippen LogP contribution in [0.2, 0.25) is 0 Å². The van der Waals surface area contributed by atoms with E-state index < -0.39 is 0 Å². The summed E-state index contributed by atoms with van der Waals surface area (Å²) in [5.41, 5.74) is 2.53. The van der Waals surface area contributed by atoms with Gasteiger partial charge in [0, 0.05) is 23.0 Å². The number of nitrogens with one attached hydrogen (secondary N) is 1. The van der Waals surface area contributed by atoms with Crippen LogP contribution in [-0.4, -0.2) is 24.0 Å². The summed E-state index contributed by atoms with van der Waals surface area (Å²) in [4.78, 5) is 12.3.